The predicted octanol–water partition coefficient (Wildman–Crippen LogP) is 1.76. The minimum absolute atomic E-state index is 0.0797. The van der Waals surface area contributed by atoms with Gasteiger partial charge in [0.05, 0.1) is 12.7 Å². The Balaban J connectivity index is 4.09. The maximum absolute atomic E-state index is 11.7. The van der Waals surface area contributed by atoms with Crippen LogP contribution in [0.15, 0.2) is 0 Å². The Hall–Kier alpha value is -1.18. The summed E-state index contributed by atoms with van der Waals surface area (Å²) in [4.78, 5) is 23.4. The number of nitrogens with one attached hydrogen (secondary N) is 1. The van der Waals surface area contributed by atoms with Crippen LogP contribution in [-0.4, -0.2) is 54.7 Å². The van der Waals surface area contributed by atoms with Crippen molar-refractivity contribution in [3.8, 4) is 0 Å². The molecule has 0 aliphatic rings. The number of esters is 1. The Labute approximate surface area is 145 Å². The molecule has 7 nitrogen and oxygen atoms in total. The van der Waals surface area contributed by atoms with Crippen LogP contribution in [0, 0.1) is 0 Å². The summed E-state index contributed by atoms with van der Waals surface area (Å²) in [5.41, 5.74) is -0.274. The molecule has 0 aromatic heterocycles. The summed E-state index contributed by atoms with van der Waals surface area (Å²) in [7, 11) is 1.44. The number of hydrogen-bond acceptors (Lipinski definition) is 6. The maximum Gasteiger partial charge on any atom is 0.305 e. The summed E-state index contributed by atoms with van der Waals surface area (Å²) in [6.45, 7) is 9.02. The highest BCUT2D eigenvalue weighted by atomic mass is 16.7. The lowest BCUT2D eigenvalue weighted by Crippen LogP contribution is -2.41. The SMILES string of the molecule is CC[C@H](COC(=O)CCCC(=O)NC(C)(C)C)O[C@@](C)(CO)OC. The number of carbonyl (C=O) groups is 2. The fourth-order valence-corrected chi connectivity index (χ4v) is 1.87. The van der Waals surface area contributed by atoms with Gasteiger partial charge in [-0.1, -0.05) is 6.92 Å². The third-order valence-corrected chi connectivity index (χ3v) is 3.32. The van der Waals surface area contributed by atoms with Gasteiger partial charge in [0, 0.05) is 25.5 Å². The first-order valence-corrected chi connectivity index (χ1v) is 8.35. The van der Waals surface area contributed by atoms with Gasteiger partial charge in [-0.15, -0.1) is 0 Å². The van der Waals surface area contributed by atoms with Crippen LogP contribution in [0.2, 0.25) is 0 Å². The van der Waals surface area contributed by atoms with Crippen molar-refractivity contribution in [1.29, 1.82) is 0 Å². The number of aliphatic hydroxyl groups is 1. The van der Waals surface area contributed by atoms with Crippen LogP contribution in [-0.2, 0) is 23.8 Å². The fraction of sp³-hybridized carbons (Fsp3) is 0.882. The molecule has 24 heavy (non-hydrogen) atoms. The second-order valence-corrected chi connectivity index (χ2v) is 6.98. The van der Waals surface area contributed by atoms with Gasteiger partial charge in [0.2, 0.25) is 5.91 Å². The first-order chi connectivity index (χ1) is 11.0. The number of rotatable bonds is 11. The zero-order chi connectivity index (χ0) is 18.8. The number of aliphatic hydroxyl groups excluding tert-OH is 1. The van der Waals surface area contributed by atoms with Crippen molar-refractivity contribution >= 4 is 11.9 Å². The van der Waals surface area contributed by atoms with Crippen molar-refractivity contribution in [2.24, 2.45) is 0 Å². The van der Waals surface area contributed by atoms with Gasteiger partial charge in [-0.25, -0.2) is 0 Å². The molecule has 2 atom stereocenters. The molecular weight excluding hydrogens is 314 g/mol. The predicted molar refractivity (Wildman–Crippen MR) is 90.4 cm³/mol. The number of hydrogen-bond donors (Lipinski definition) is 2. The van der Waals surface area contributed by atoms with Crippen molar-refractivity contribution in [2.75, 3.05) is 20.3 Å². The van der Waals surface area contributed by atoms with Gasteiger partial charge in [-0.2, -0.15) is 0 Å². The van der Waals surface area contributed by atoms with Gasteiger partial charge in [0.25, 0.3) is 0 Å². The second kappa shape index (κ2) is 10.6. The average Bonchev–Trinajstić information content (AvgIpc) is 2.49. The molecule has 0 aromatic rings. The third-order valence-electron chi connectivity index (χ3n) is 3.32. The van der Waals surface area contributed by atoms with E-state index in [-0.39, 0.29) is 49.6 Å². The number of methoxy groups -OCH3 is 1. The normalized spacial score (nSPS) is 15.5. The monoisotopic (exact) mass is 347 g/mol. The fourth-order valence-electron chi connectivity index (χ4n) is 1.87. The summed E-state index contributed by atoms with van der Waals surface area (Å²) >= 11 is 0. The Morgan fingerprint density at radius 2 is 1.79 bits per heavy atom. The van der Waals surface area contributed by atoms with Crippen molar-refractivity contribution in [3.05, 3.63) is 0 Å². The molecule has 0 rings (SSSR count). The second-order valence-electron chi connectivity index (χ2n) is 6.98. The Morgan fingerprint density at radius 3 is 2.25 bits per heavy atom. The van der Waals surface area contributed by atoms with Gasteiger partial charge in [-0.3, -0.25) is 9.59 Å². The molecule has 0 fully saturated rings. The van der Waals surface area contributed by atoms with E-state index in [1.165, 1.54) is 7.11 Å². The summed E-state index contributed by atoms with van der Waals surface area (Å²) in [5, 5.41) is 12.1. The molecule has 0 saturated heterocycles. The van der Waals surface area contributed by atoms with Crippen LogP contribution >= 0.6 is 0 Å². The summed E-state index contributed by atoms with van der Waals surface area (Å²) in [6.07, 6.45) is 1.14. The Morgan fingerprint density at radius 1 is 1.17 bits per heavy atom. The highest BCUT2D eigenvalue weighted by Crippen LogP contribution is 2.15. The van der Waals surface area contributed by atoms with E-state index in [0.717, 1.165) is 0 Å². The molecule has 0 unspecified atom stereocenters. The molecule has 0 radical (unpaired) electrons. The maximum atomic E-state index is 11.7. The van der Waals surface area contributed by atoms with E-state index in [9.17, 15) is 14.7 Å². The van der Waals surface area contributed by atoms with E-state index in [2.05, 4.69) is 5.32 Å². The molecule has 142 valence electrons. The molecule has 0 aliphatic carbocycles. The smallest absolute Gasteiger partial charge is 0.305 e. The van der Waals surface area contributed by atoms with Crippen LogP contribution in [0.3, 0.4) is 0 Å². The molecule has 0 spiro atoms. The van der Waals surface area contributed by atoms with E-state index in [1.54, 1.807) is 6.92 Å². The molecule has 2 N–H and O–H groups in total. The summed E-state index contributed by atoms with van der Waals surface area (Å²) in [6, 6.07) is 0. The van der Waals surface area contributed by atoms with Crippen LogP contribution in [0.5, 0.6) is 0 Å². The average molecular weight is 347 g/mol. The van der Waals surface area contributed by atoms with Gasteiger partial charge in [0.1, 0.15) is 6.61 Å². The van der Waals surface area contributed by atoms with Crippen molar-refractivity contribution < 1.29 is 28.9 Å². The topological polar surface area (TPSA) is 94.1 Å². The highest BCUT2D eigenvalue weighted by Gasteiger charge is 2.27. The zero-order valence-corrected chi connectivity index (χ0v) is 15.8. The van der Waals surface area contributed by atoms with E-state index >= 15 is 0 Å². The third kappa shape index (κ3) is 10.6. The van der Waals surface area contributed by atoms with Gasteiger partial charge >= 0.3 is 5.97 Å². The molecule has 7 heteroatoms. The van der Waals surface area contributed by atoms with Crippen LogP contribution in [0.1, 0.15) is 60.3 Å². The Kier molecular flexibility index (Phi) is 10.1. The number of amides is 1. The molecule has 0 saturated carbocycles. The largest absolute Gasteiger partial charge is 0.463 e. The van der Waals surface area contributed by atoms with Gasteiger partial charge in [-0.05, 0) is 40.5 Å². The van der Waals surface area contributed by atoms with Crippen LogP contribution in [0.25, 0.3) is 0 Å². The minimum Gasteiger partial charge on any atom is -0.463 e. The quantitative estimate of drug-likeness (QED) is 0.437. The van der Waals surface area contributed by atoms with Gasteiger partial charge in [0.15, 0.2) is 5.79 Å². The first-order valence-electron chi connectivity index (χ1n) is 8.35. The molecule has 0 bridgehead atoms. The van der Waals surface area contributed by atoms with Crippen molar-refractivity contribution in [1.82, 2.24) is 5.32 Å². The molecular formula is C17H33NO6. The number of carbonyl (C=O) groups excluding carboxylic acids is 2. The lowest BCUT2D eigenvalue weighted by atomic mass is 10.1. The first kappa shape index (κ1) is 22.8. The highest BCUT2D eigenvalue weighted by molar-refractivity contribution is 5.77. The summed E-state index contributed by atoms with van der Waals surface area (Å²) in [5.74, 6) is -1.56. The van der Waals surface area contributed by atoms with Crippen molar-refractivity contribution in [2.45, 2.75) is 77.7 Å². The molecule has 0 aromatic carbocycles. The number of ether oxygens (including phenoxy) is 3. The minimum atomic E-state index is -1.11. The lowest BCUT2D eigenvalue weighted by molar-refractivity contribution is -0.258. The van der Waals surface area contributed by atoms with E-state index in [1.807, 2.05) is 27.7 Å². The lowest BCUT2D eigenvalue weighted by Gasteiger charge is -2.30. The summed E-state index contributed by atoms with van der Waals surface area (Å²) < 4.78 is 15.9. The van der Waals surface area contributed by atoms with Gasteiger partial charge < -0.3 is 24.6 Å². The van der Waals surface area contributed by atoms with Crippen LogP contribution in [0.4, 0.5) is 0 Å². The standard InChI is InChI=1S/C17H33NO6/c1-7-13(24-17(5,12-19)22-6)11-23-15(21)10-8-9-14(20)18-16(2,3)4/h13,19H,7-12H2,1-6H3,(H,18,20)/t13-,17+/m1/s1. The zero-order valence-electron chi connectivity index (χ0n) is 15.8. The molecule has 1 amide bonds. The van der Waals surface area contributed by atoms with Crippen LogP contribution < -0.4 is 5.32 Å². The molecule has 0 aliphatic heterocycles. The Bertz CT molecular complexity index is 387. The van der Waals surface area contributed by atoms with E-state index in [0.29, 0.717) is 12.8 Å². The molecule has 0 heterocycles. The van der Waals surface area contributed by atoms with Crippen molar-refractivity contribution in [3.63, 3.8) is 0 Å². The van der Waals surface area contributed by atoms with E-state index in [4.69, 9.17) is 14.2 Å². The van der Waals surface area contributed by atoms with E-state index < -0.39 is 5.79 Å².